The molecule has 1 unspecified atom stereocenters. The molecule has 0 aliphatic heterocycles. The molecule has 0 saturated heterocycles. The van der Waals surface area contributed by atoms with Gasteiger partial charge in [0.2, 0.25) is 11.8 Å². The Balaban J connectivity index is 0. The van der Waals surface area contributed by atoms with Gasteiger partial charge in [-0.25, -0.2) is 4.79 Å². The van der Waals surface area contributed by atoms with E-state index in [2.05, 4.69) is 0 Å². The van der Waals surface area contributed by atoms with E-state index in [1.54, 1.807) is 6.92 Å². The zero-order valence-electron chi connectivity index (χ0n) is 17.3. The number of imide groups is 1. The molecule has 0 bridgehead atoms. The molecule has 0 aromatic heterocycles. The van der Waals surface area contributed by atoms with Gasteiger partial charge in [-0.1, -0.05) is 46.5 Å². The molecule has 8 heteroatoms. The van der Waals surface area contributed by atoms with Gasteiger partial charge in [0.25, 0.3) is 0 Å². The third-order valence-electron chi connectivity index (χ3n) is 3.92. The van der Waals surface area contributed by atoms with Crippen LogP contribution in [0.1, 0.15) is 85.0 Å². The number of carbonyl (C=O) groups is 4. The molecule has 0 aromatic carbocycles. The Labute approximate surface area is 184 Å². The second-order valence-corrected chi connectivity index (χ2v) is 6.33. The normalized spacial score (nSPS) is 11.2. The van der Waals surface area contributed by atoms with Crippen molar-refractivity contribution in [3.63, 3.8) is 0 Å². The summed E-state index contributed by atoms with van der Waals surface area (Å²) in [4.78, 5) is 49.3. The molecule has 0 aliphatic carbocycles. The van der Waals surface area contributed by atoms with Crippen molar-refractivity contribution in [1.29, 1.82) is 0 Å². The van der Waals surface area contributed by atoms with E-state index in [0.717, 1.165) is 30.6 Å². The maximum absolute atomic E-state index is 12.6. The van der Waals surface area contributed by atoms with E-state index in [-0.39, 0.29) is 49.0 Å². The van der Waals surface area contributed by atoms with Gasteiger partial charge in [0, 0.05) is 25.2 Å². The fourth-order valence-electron chi connectivity index (χ4n) is 2.52. The van der Waals surface area contributed by atoms with Crippen LogP contribution in [0.5, 0.6) is 0 Å². The van der Waals surface area contributed by atoms with Crippen molar-refractivity contribution < 1.29 is 58.6 Å². The van der Waals surface area contributed by atoms with Crippen LogP contribution in [0.2, 0.25) is 0 Å². The summed E-state index contributed by atoms with van der Waals surface area (Å²) in [5.41, 5.74) is 0. The molecular formula is C19H32NNaO6. The Morgan fingerprint density at radius 1 is 0.852 bits per heavy atom. The fraction of sp³-hybridized carbons (Fsp3) is 0.789. The number of carboxylic acids is 1. The van der Waals surface area contributed by atoms with E-state index in [4.69, 9.17) is 4.74 Å². The zero-order valence-corrected chi connectivity index (χ0v) is 19.3. The number of amides is 2. The first kappa shape index (κ1) is 28.3. The number of esters is 1. The smallest absolute Gasteiger partial charge is 0.550 e. The average molecular weight is 393 g/mol. The summed E-state index contributed by atoms with van der Waals surface area (Å²) in [6, 6.07) is -1.46. The van der Waals surface area contributed by atoms with Crippen LogP contribution >= 0.6 is 0 Å². The van der Waals surface area contributed by atoms with Crippen LogP contribution in [0.4, 0.5) is 0 Å². The molecule has 0 fully saturated rings. The summed E-state index contributed by atoms with van der Waals surface area (Å²) >= 11 is 0. The van der Waals surface area contributed by atoms with Gasteiger partial charge in [-0.15, -0.1) is 0 Å². The number of unbranched alkanes of at least 4 members (excludes halogenated alkanes) is 4. The van der Waals surface area contributed by atoms with Crippen LogP contribution in [0.25, 0.3) is 0 Å². The number of carboxylic acid groups (broad SMARTS) is 1. The predicted molar refractivity (Wildman–Crippen MR) is 94.8 cm³/mol. The fourth-order valence-corrected chi connectivity index (χ4v) is 2.52. The number of hydrogen-bond donors (Lipinski definition) is 0. The van der Waals surface area contributed by atoms with Crippen LogP contribution in [-0.4, -0.2) is 41.3 Å². The molecule has 1 atom stereocenters. The first-order valence-electron chi connectivity index (χ1n) is 9.60. The standard InChI is InChI=1S/C19H33NO6.Na/c1-4-7-9-11-16(21)20(17(22)12-10-8-5-2)15(14-18(23)24)19(25)26-13-6-3;/h15H,4-14H2,1-3H3,(H,23,24);/q;+1/p-1. The van der Waals surface area contributed by atoms with Crippen LogP contribution in [-0.2, 0) is 23.9 Å². The Hall–Kier alpha value is -0.920. The monoisotopic (exact) mass is 393 g/mol. The van der Waals surface area contributed by atoms with Crippen LogP contribution in [0.3, 0.4) is 0 Å². The van der Waals surface area contributed by atoms with Gasteiger partial charge < -0.3 is 14.6 Å². The molecular weight excluding hydrogens is 361 g/mol. The van der Waals surface area contributed by atoms with Crippen molar-refractivity contribution in [3.05, 3.63) is 0 Å². The molecule has 150 valence electrons. The van der Waals surface area contributed by atoms with Crippen LogP contribution in [0, 0.1) is 0 Å². The zero-order chi connectivity index (χ0) is 19.9. The van der Waals surface area contributed by atoms with Gasteiger partial charge in [-0.05, 0) is 19.3 Å². The second-order valence-electron chi connectivity index (χ2n) is 6.33. The predicted octanol–water partition coefficient (Wildman–Crippen LogP) is -1.03. The minimum atomic E-state index is -1.50. The van der Waals surface area contributed by atoms with Gasteiger partial charge >= 0.3 is 35.5 Å². The molecule has 0 aromatic rings. The summed E-state index contributed by atoms with van der Waals surface area (Å²) in [5.74, 6) is -3.43. The van der Waals surface area contributed by atoms with E-state index < -0.39 is 36.2 Å². The average Bonchev–Trinajstić information content (AvgIpc) is 2.59. The van der Waals surface area contributed by atoms with Gasteiger partial charge in [0.1, 0.15) is 6.04 Å². The van der Waals surface area contributed by atoms with E-state index in [0.29, 0.717) is 19.3 Å². The molecule has 0 rings (SSSR count). The third kappa shape index (κ3) is 12.2. The summed E-state index contributed by atoms with van der Waals surface area (Å²) in [6.45, 7) is 5.87. The molecule has 2 amide bonds. The topological polar surface area (TPSA) is 104 Å². The van der Waals surface area contributed by atoms with E-state index in [1.807, 2.05) is 13.8 Å². The first-order chi connectivity index (χ1) is 12.4. The van der Waals surface area contributed by atoms with Crippen molar-refractivity contribution >= 4 is 23.8 Å². The van der Waals surface area contributed by atoms with Crippen molar-refractivity contribution in [2.24, 2.45) is 0 Å². The molecule has 0 spiro atoms. The van der Waals surface area contributed by atoms with Crippen LogP contribution in [0.15, 0.2) is 0 Å². The number of aliphatic carboxylic acids is 1. The van der Waals surface area contributed by atoms with Crippen molar-refractivity contribution in [3.8, 4) is 0 Å². The van der Waals surface area contributed by atoms with E-state index >= 15 is 0 Å². The first-order valence-corrected chi connectivity index (χ1v) is 9.60. The quantitative estimate of drug-likeness (QED) is 0.212. The number of ether oxygens (including phenoxy) is 1. The van der Waals surface area contributed by atoms with Crippen molar-refractivity contribution in [1.82, 2.24) is 4.90 Å². The largest absolute Gasteiger partial charge is 1.00 e. The molecule has 27 heavy (non-hydrogen) atoms. The Morgan fingerprint density at radius 3 is 1.70 bits per heavy atom. The van der Waals surface area contributed by atoms with Gasteiger partial charge in [0.05, 0.1) is 6.61 Å². The second kappa shape index (κ2) is 17.2. The number of hydrogen-bond acceptors (Lipinski definition) is 6. The summed E-state index contributed by atoms with van der Waals surface area (Å²) in [6.07, 6.45) is 4.59. The molecule has 7 nitrogen and oxygen atoms in total. The maximum atomic E-state index is 12.6. The van der Waals surface area contributed by atoms with Gasteiger partial charge in [-0.3, -0.25) is 14.5 Å². The Bertz CT molecular complexity index is 447. The Morgan fingerprint density at radius 2 is 1.33 bits per heavy atom. The number of nitrogens with zero attached hydrogens (tertiary/aromatic N) is 1. The summed E-state index contributed by atoms with van der Waals surface area (Å²) in [5, 5.41) is 11.1. The summed E-state index contributed by atoms with van der Waals surface area (Å²) in [7, 11) is 0. The van der Waals surface area contributed by atoms with E-state index in [1.165, 1.54) is 0 Å². The van der Waals surface area contributed by atoms with Gasteiger partial charge in [-0.2, -0.15) is 0 Å². The molecule has 0 heterocycles. The number of rotatable bonds is 14. The summed E-state index contributed by atoms with van der Waals surface area (Å²) < 4.78 is 5.01. The van der Waals surface area contributed by atoms with Crippen LogP contribution < -0.4 is 34.7 Å². The molecule has 0 radical (unpaired) electrons. The SMILES string of the molecule is CCCCCC(=O)N(C(=O)CCCCC)C(CC(=O)[O-])C(=O)OCCC.[Na+]. The maximum Gasteiger partial charge on any atom is 1.00 e. The molecule has 0 saturated carbocycles. The van der Waals surface area contributed by atoms with E-state index in [9.17, 15) is 24.3 Å². The minimum Gasteiger partial charge on any atom is -0.550 e. The molecule has 0 N–H and O–H groups in total. The number of carbonyl (C=O) groups excluding carboxylic acids is 4. The third-order valence-corrected chi connectivity index (χ3v) is 3.92. The van der Waals surface area contributed by atoms with Gasteiger partial charge in [0.15, 0.2) is 0 Å². The van der Waals surface area contributed by atoms with Crippen molar-refractivity contribution in [2.45, 2.75) is 91.0 Å². The Kier molecular flexibility index (Phi) is 18.0. The minimum absolute atomic E-state index is 0. The van der Waals surface area contributed by atoms with Crippen molar-refractivity contribution in [2.75, 3.05) is 6.61 Å². The molecule has 0 aliphatic rings.